The molecule has 0 saturated heterocycles. The number of nitrogens with one attached hydrogen (secondary N) is 1. The van der Waals surface area contributed by atoms with Crippen LogP contribution in [0.2, 0.25) is 0 Å². The molecule has 2 aromatic rings. The zero-order valence-corrected chi connectivity index (χ0v) is 8.52. The maximum absolute atomic E-state index is 10.8. The number of hydrogen-bond acceptors (Lipinski definition) is 6. The van der Waals surface area contributed by atoms with E-state index >= 15 is 0 Å². The fourth-order valence-electron chi connectivity index (χ4n) is 1.58. The minimum absolute atomic E-state index is 0.114. The van der Waals surface area contributed by atoms with Gasteiger partial charge in [0.25, 0.3) is 17.1 Å². The Labute approximate surface area is 97.3 Å². The van der Waals surface area contributed by atoms with Gasteiger partial charge in [-0.1, -0.05) is 0 Å². The SMILES string of the molecule is O=[N+]([O-])c1cc([N+](=O)[O-])c2[nH]cc([N+](=O)[O-])c2c1. The number of rotatable bonds is 3. The predicted octanol–water partition coefficient (Wildman–Crippen LogP) is 1.89. The Bertz CT molecular complexity index is 690. The van der Waals surface area contributed by atoms with E-state index in [2.05, 4.69) is 4.98 Å². The van der Waals surface area contributed by atoms with Crippen molar-refractivity contribution in [2.45, 2.75) is 0 Å². The molecule has 10 nitrogen and oxygen atoms in total. The summed E-state index contributed by atoms with van der Waals surface area (Å²) in [6, 6.07) is 1.68. The van der Waals surface area contributed by atoms with E-state index in [9.17, 15) is 30.3 Å². The molecule has 18 heavy (non-hydrogen) atoms. The van der Waals surface area contributed by atoms with Crippen molar-refractivity contribution in [1.82, 2.24) is 4.98 Å². The van der Waals surface area contributed by atoms with Crippen LogP contribution in [0.3, 0.4) is 0 Å². The van der Waals surface area contributed by atoms with Crippen LogP contribution in [0.4, 0.5) is 17.1 Å². The summed E-state index contributed by atoms with van der Waals surface area (Å²) in [6.07, 6.45) is 0.960. The standard InChI is InChI=1S/C8H4N4O6/c13-10(14)4-1-5-7(12(17)18)3-9-8(5)6(2-4)11(15)16/h1-3,9H. The summed E-state index contributed by atoms with van der Waals surface area (Å²) in [6.45, 7) is 0. The van der Waals surface area contributed by atoms with Gasteiger partial charge in [0, 0.05) is 6.07 Å². The van der Waals surface area contributed by atoms with Crippen molar-refractivity contribution < 1.29 is 14.8 Å². The summed E-state index contributed by atoms with van der Waals surface area (Å²) in [4.78, 5) is 32.0. The lowest BCUT2D eigenvalue weighted by Crippen LogP contribution is -1.94. The quantitative estimate of drug-likeness (QED) is 0.651. The molecule has 0 unspecified atom stereocenters. The van der Waals surface area contributed by atoms with Crippen LogP contribution in [0.15, 0.2) is 18.3 Å². The molecule has 1 N–H and O–H groups in total. The number of benzene rings is 1. The largest absolute Gasteiger partial charge is 0.350 e. The lowest BCUT2D eigenvalue weighted by molar-refractivity contribution is -0.393. The third-order valence-electron chi connectivity index (χ3n) is 2.34. The lowest BCUT2D eigenvalue weighted by Gasteiger charge is -1.95. The lowest BCUT2D eigenvalue weighted by atomic mass is 10.2. The van der Waals surface area contributed by atoms with E-state index in [1.54, 1.807) is 0 Å². The zero-order chi connectivity index (χ0) is 13.4. The van der Waals surface area contributed by atoms with Gasteiger partial charge in [-0.3, -0.25) is 30.3 Å². The van der Waals surface area contributed by atoms with Gasteiger partial charge in [-0.2, -0.15) is 0 Å². The Morgan fingerprint density at radius 1 is 0.889 bits per heavy atom. The monoisotopic (exact) mass is 252 g/mol. The second kappa shape index (κ2) is 3.76. The number of H-pyrrole nitrogens is 1. The first kappa shape index (κ1) is 11.4. The molecule has 0 atom stereocenters. The molecule has 0 saturated carbocycles. The maximum atomic E-state index is 10.8. The van der Waals surface area contributed by atoms with E-state index < -0.39 is 31.8 Å². The molecule has 0 radical (unpaired) electrons. The molecular weight excluding hydrogens is 248 g/mol. The summed E-state index contributed by atoms with van der Waals surface area (Å²) in [5.74, 6) is 0. The van der Waals surface area contributed by atoms with Crippen molar-refractivity contribution in [3.63, 3.8) is 0 Å². The Morgan fingerprint density at radius 2 is 1.50 bits per heavy atom. The fraction of sp³-hybridized carbons (Fsp3) is 0. The number of aromatic amines is 1. The molecule has 1 heterocycles. The Morgan fingerprint density at radius 3 is 2.00 bits per heavy atom. The molecule has 0 bridgehead atoms. The van der Waals surface area contributed by atoms with Crippen LogP contribution < -0.4 is 0 Å². The Balaban J connectivity index is 2.88. The van der Waals surface area contributed by atoms with Crippen molar-refractivity contribution in [3.05, 3.63) is 48.7 Å². The van der Waals surface area contributed by atoms with Gasteiger partial charge >= 0.3 is 0 Å². The van der Waals surface area contributed by atoms with E-state index in [1.165, 1.54) is 0 Å². The first-order valence-electron chi connectivity index (χ1n) is 4.50. The van der Waals surface area contributed by atoms with Crippen molar-refractivity contribution in [1.29, 1.82) is 0 Å². The van der Waals surface area contributed by atoms with E-state index in [-0.39, 0.29) is 10.9 Å². The third-order valence-corrected chi connectivity index (χ3v) is 2.34. The second-order valence-electron chi connectivity index (χ2n) is 3.33. The molecule has 0 aliphatic carbocycles. The number of nitro benzene ring substituents is 2. The van der Waals surface area contributed by atoms with E-state index in [0.717, 1.165) is 18.3 Å². The van der Waals surface area contributed by atoms with Gasteiger partial charge < -0.3 is 4.98 Å². The minimum atomic E-state index is -0.844. The van der Waals surface area contributed by atoms with E-state index in [4.69, 9.17) is 0 Å². The molecule has 10 heteroatoms. The average molecular weight is 252 g/mol. The van der Waals surface area contributed by atoms with Crippen molar-refractivity contribution in [3.8, 4) is 0 Å². The molecule has 0 fully saturated rings. The van der Waals surface area contributed by atoms with Gasteiger partial charge in [-0.25, -0.2) is 0 Å². The van der Waals surface area contributed by atoms with Crippen LogP contribution in [0.25, 0.3) is 10.9 Å². The number of nitrogens with zero attached hydrogens (tertiary/aromatic N) is 3. The number of non-ortho nitro benzene ring substituents is 2. The highest BCUT2D eigenvalue weighted by molar-refractivity contribution is 5.96. The molecular formula is C8H4N4O6. The van der Waals surface area contributed by atoms with Gasteiger partial charge in [-0.05, 0) is 0 Å². The highest BCUT2D eigenvalue weighted by Crippen LogP contribution is 2.35. The summed E-state index contributed by atoms with van der Waals surface area (Å²) in [5, 5.41) is 31.9. The predicted molar refractivity (Wildman–Crippen MR) is 58.3 cm³/mol. The minimum Gasteiger partial charge on any atom is -0.350 e. The third kappa shape index (κ3) is 1.61. The van der Waals surface area contributed by atoms with E-state index in [1.807, 2.05) is 0 Å². The average Bonchev–Trinajstić information content (AvgIpc) is 2.70. The van der Waals surface area contributed by atoms with Gasteiger partial charge in [0.2, 0.25) is 0 Å². The van der Waals surface area contributed by atoms with Crippen molar-refractivity contribution >= 4 is 28.0 Å². The van der Waals surface area contributed by atoms with Gasteiger partial charge in [-0.15, -0.1) is 0 Å². The van der Waals surface area contributed by atoms with Crippen LogP contribution in [0.1, 0.15) is 0 Å². The number of nitro groups is 3. The molecule has 0 amide bonds. The number of aromatic nitrogens is 1. The second-order valence-corrected chi connectivity index (χ2v) is 3.33. The first-order chi connectivity index (χ1) is 8.41. The van der Waals surface area contributed by atoms with Gasteiger partial charge in [0.05, 0.1) is 32.4 Å². The van der Waals surface area contributed by atoms with Crippen molar-refractivity contribution in [2.24, 2.45) is 0 Å². The molecule has 1 aromatic carbocycles. The van der Waals surface area contributed by atoms with Crippen LogP contribution in [-0.2, 0) is 0 Å². The summed E-state index contributed by atoms with van der Waals surface area (Å²) in [5.41, 5.74) is -1.71. The topological polar surface area (TPSA) is 145 Å². The smallest absolute Gasteiger partial charge is 0.300 e. The molecule has 0 aliphatic heterocycles. The van der Waals surface area contributed by atoms with Crippen LogP contribution in [0.5, 0.6) is 0 Å². The molecule has 92 valence electrons. The summed E-state index contributed by atoms with van der Waals surface area (Å²) >= 11 is 0. The normalized spacial score (nSPS) is 10.4. The Kier molecular flexibility index (Phi) is 2.39. The van der Waals surface area contributed by atoms with Crippen LogP contribution in [-0.4, -0.2) is 19.8 Å². The molecule has 1 aromatic heterocycles. The van der Waals surface area contributed by atoms with Crippen molar-refractivity contribution in [2.75, 3.05) is 0 Å². The fourth-order valence-corrected chi connectivity index (χ4v) is 1.58. The van der Waals surface area contributed by atoms with Crippen LogP contribution in [0, 0.1) is 30.3 Å². The molecule has 2 rings (SSSR count). The van der Waals surface area contributed by atoms with Gasteiger partial charge in [0.15, 0.2) is 0 Å². The summed E-state index contributed by atoms with van der Waals surface area (Å²) in [7, 11) is 0. The summed E-state index contributed by atoms with van der Waals surface area (Å²) < 4.78 is 0. The number of hydrogen-bond donors (Lipinski definition) is 1. The highest BCUT2D eigenvalue weighted by Gasteiger charge is 2.26. The number of fused-ring (bicyclic) bond motifs is 1. The van der Waals surface area contributed by atoms with Crippen LogP contribution >= 0.6 is 0 Å². The van der Waals surface area contributed by atoms with Gasteiger partial charge in [0.1, 0.15) is 5.52 Å². The highest BCUT2D eigenvalue weighted by atomic mass is 16.6. The molecule has 0 spiro atoms. The Hall–Kier alpha value is -3.04. The van der Waals surface area contributed by atoms with E-state index in [0.29, 0.717) is 0 Å². The zero-order valence-electron chi connectivity index (χ0n) is 8.52. The maximum Gasteiger partial charge on any atom is 0.300 e. The molecule has 0 aliphatic rings. The first-order valence-corrected chi connectivity index (χ1v) is 4.50.